The third-order valence-electron chi connectivity index (χ3n) is 0.561. The minimum atomic E-state index is -0.980. The Labute approximate surface area is 71.6 Å². The number of aromatic nitrogens is 1. The Kier molecular flexibility index (Phi) is 5.50. The number of aromatic amines is 1. The van der Waals surface area contributed by atoms with Gasteiger partial charge in [0.05, 0.1) is 0 Å². The number of alkyl halides is 1. The van der Waals surface area contributed by atoms with Crippen molar-refractivity contribution in [3.05, 3.63) is 21.8 Å². The van der Waals surface area contributed by atoms with Crippen LogP contribution in [0.5, 0.6) is 0 Å². The lowest BCUT2D eigenvalue weighted by Gasteiger charge is -1.69. The maximum Gasteiger partial charge on any atom is 0.318 e. The van der Waals surface area contributed by atoms with E-state index in [2.05, 4.69) is 4.37 Å². The van der Waals surface area contributed by atoms with Crippen LogP contribution in [0.2, 0.25) is 0 Å². The number of nitrogens with one attached hydrogen (secondary N) is 1. The van der Waals surface area contributed by atoms with Crippen molar-refractivity contribution in [2.45, 2.75) is 0 Å². The summed E-state index contributed by atoms with van der Waals surface area (Å²) in [5.41, 5.74) is -0.0139. The van der Waals surface area contributed by atoms with E-state index in [1.54, 1.807) is 5.38 Å². The van der Waals surface area contributed by atoms with Crippen molar-refractivity contribution in [1.82, 2.24) is 4.37 Å². The van der Waals surface area contributed by atoms with Gasteiger partial charge in [0.15, 0.2) is 0 Å². The fourth-order valence-electron chi connectivity index (χ4n) is 0.222. The third-order valence-corrected chi connectivity index (χ3v) is 1.38. The van der Waals surface area contributed by atoms with E-state index in [0.717, 1.165) is 0 Å². The van der Waals surface area contributed by atoms with Crippen molar-refractivity contribution in [2.24, 2.45) is 0 Å². The summed E-state index contributed by atoms with van der Waals surface area (Å²) >= 11 is 6.04. The maximum absolute atomic E-state index is 10.0. The summed E-state index contributed by atoms with van der Waals surface area (Å²) in [6.07, 6.45) is 0. The SMILES string of the molecule is O=C(O)CCl.O=c1ccs[nH]1. The summed E-state index contributed by atoms with van der Waals surface area (Å²) in [7, 11) is 0. The Hall–Kier alpha value is -0.810. The Morgan fingerprint density at radius 2 is 2.36 bits per heavy atom. The standard InChI is InChI=1S/C3H3NOS.C2H3ClO2/c5-3-1-2-6-4-3;3-1-2(4)5/h1-2H,(H,4,5);1H2,(H,4,5). The molecule has 0 amide bonds. The van der Waals surface area contributed by atoms with Crippen molar-refractivity contribution in [3.8, 4) is 0 Å². The van der Waals surface area contributed by atoms with Crippen LogP contribution in [0.4, 0.5) is 0 Å². The summed E-state index contributed by atoms with van der Waals surface area (Å²) < 4.78 is 2.49. The second-order valence-electron chi connectivity index (χ2n) is 1.41. The summed E-state index contributed by atoms with van der Waals surface area (Å²) in [6.45, 7) is 0. The highest BCUT2D eigenvalue weighted by Gasteiger charge is 1.83. The summed E-state index contributed by atoms with van der Waals surface area (Å²) in [6, 6.07) is 1.49. The second kappa shape index (κ2) is 5.94. The molecule has 0 radical (unpaired) electrons. The van der Waals surface area contributed by atoms with Crippen LogP contribution in [0, 0.1) is 0 Å². The number of carboxylic acid groups (broad SMARTS) is 1. The number of halogens is 1. The van der Waals surface area contributed by atoms with E-state index in [1.165, 1.54) is 17.6 Å². The first-order valence-electron chi connectivity index (χ1n) is 2.56. The van der Waals surface area contributed by atoms with Gasteiger partial charge in [0.2, 0.25) is 0 Å². The van der Waals surface area contributed by atoms with E-state index in [-0.39, 0.29) is 11.4 Å². The van der Waals surface area contributed by atoms with Crippen LogP contribution in [0.1, 0.15) is 0 Å². The molecule has 0 fully saturated rings. The first-order valence-corrected chi connectivity index (χ1v) is 3.98. The van der Waals surface area contributed by atoms with Crippen LogP contribution in [0.3, 0.4) is 0 Å². The molecule has 0 aromatic carbocycles. The number of aliphatic carboxylic acids is 1. The molecule has 1 rings (SSSR count). The van der Waals surface area contributed by atoms with Crippen LogP contribution in [0.15, 0.2) is 16.2 Å². The van der Waals surface area contributed by atoms with Crippen molar-refractivity contribution in [3.63, 3.8) is 0 Å². The molecule has 1 heterocycles. The molecule has 0 saturated carbocycles. The number of H-pyrrole nitrogens is 1. The van der Waals surface area contributed by atoms with Gasteiger partial charge in [0.1, 0.15) is 5.88 Å². The molecule has 0 unspecified atom stereocenters. The maximum atomic E-state index is 10.0. The first kappa shape index (κ1) is 10.2. The highest BCUT2D eigenvalue weighted by molar-refractivity contribution is 7.03. The zero-order valence-corrected chi connectivity index (χ0v) is 6.98. The molecule has 2 N–H and O–H groups in total. The predicted octanol–water partition coefficient (Wildman–Crippen LogP) is 0.746. The van der Waals surface area contributed by atoms with E-state index in [4.69, 9.17) is 16.7 Å². The van der Waals surface area contributed by atoms with Gasteiger partial charge in [0.25, 0.3) is 5.56 Å². The van der Waals surface area contributed by atoms with E-state index in [0.29, 0.717) is 0 Å². The number of carbonyl (C=O) groups is 1. The highest BCUT2D eigenvalue weighted by atomic mass is 35.5. The molecule has 0 aliphatic rings. The molecule has 62 valence electrons. The number of rotatable bonds is 1. The zero-order chi connectivity index (χ0) is 8.69. The van der Waals surface area contributed by atoms with Gasteiger partial charge in [0, 0.05) is 11.4 Å². The molecule has 0 bridgehead atoms. The van der Waals surface area contributed by atoms with E-state index in [9.17, 15) is 9.59 Å². The topological polar surface area (TPSA) is 70.2 Å². The molecule has 0 spiro atoms. The van der Waals surface area contributed by atoms with Gasteiger partial charge in [-0.3, -0.25) is 14.0 Å². The van der Waals surface area contributed by atoms with E-state index in [1.807, 2.05) is 0 Å². The van der Waals surface area contributed by atoms with E-state index >= 15 is 0 Å². The number of hydrogen-bond acceptors (Lipinski definition) is 3. The van der Waals surface area contributed by atoms with Crippen molar-refractivity contribution < 1.29 is 9.90 Å². The lowest BCUT2D eigenvalue weighted by molar-refractivity contribution is -0.134. The zero-order valence-electron chi connectivity index (χ0n) is 5.41. The van der Waals surface area contributed by atoms with Gasteiger partial charge in [-0.15, -0.1) is 11.6 Å². The number of carboxylic acids is 1. The number of hydrogen-bond donors (Lipinski definition) is 2. The Balaban J connectivity index is 0.000000187. The van der Waals surface area contributed by atoms with Crippen molar-refractivity contribution in [1.29, 1.82) is 0 Å². The van der Waals surface area contributed by atoms with Gasteiger partial charge in [-0.25, -0.2) is 0 Å². The van der Waals surface area contributed by atoms with Gasteiger partial charge < -0.3 is 5.11 Å². The molecule has 0 saturated heterocycles. The van der Waals surface area contributed by atoms with Crippen LogP contribution in [0.25, 0.3) is 0 Å². The fourth-order valence-corrected chi connectivity index (χ4v) is 0.666. The summed E-state index contributed by atoms with van der Waals surface area (Å²) in [5, 5.41) is 9.30. The van der Waals surface area contributed by atoms with Gasteiger partial charge in [-0.1, -0.05) is 11.5 Å². The third kappa shape index (κ3) is 7.08. The Bertz CT molecular complexity index is 239. The summed E-state index contributed by atoms with van der Waals surface area (Å²) in [5.74, 6) is -1.29. The minimum absolute atomic E-state index is 0.0139. The molecule has 6 heteroatoms. The lowest BCUT2D eigenvalue weighted by atomic mass is 10.8. The molecule has 0 atom stereocenters. The molecule has 0 aliphatic carbocycles. The van der Waals surface area contributed by atoms with Crippen molar-refractivity contribution >= 4 is 29.1 Å². The van der Waals surface area contributed by atoms with Crippen LogP contribution in [-0.4, -0.2) is 21.3 Å². The molecule has 0 aliphatic heterocycles. The van der Waals surface area contributed by atoms with E-state index < -0.39 is 5.97 Å². The van der Waals surface area contributed by atoms with Gasteiger partial charge in [-0.2, -0.15) is 0 Å². The average molecular weight is 196 g/mol. The Morgan fingerprint density at radius 3 is 2.45 bits per heavy atom. The predicted molar refractivity (Wildman–Crippen MR) is 43.3 cm³/mol. The van der Waals surface area contributed by atoms with Gasteiger partial charge >= 0.3 is 5.97 Å². The Morgan fingerprint density at radius 1 is 1.82 bits per heavy atom. The minimum Gasteiger partial charge on any atom is -0.480 e. The average Bonchev–Trinajstić information content (AvgIpc) is 2.41. The monoisotopic (exact) mass is 195 g/mol. The molecule has 1 aromatic rings. The lowest BCUT2D eigenvalue weighted by Crippen LogP contribution is -1.92. The van der Waals surface area contributed by atoms with Crippen LogP contribution < -0.4 is 5.56 Å². The molecular weight excluding hydrogens is 190 g/mol. The highest BCUT2D eigenvalue weighted by Crippen LogP contribution is 1.77. The quantitative estimate of drug-likeness (QED) is 0.650. The first-order chi connectivity index (χ1) is 5.16. The molecule has 1 aromatic heterocycles. The molecule has 11 heavy (non-hydrogen) atoms. The second-order valence-corrected chi connectivity index (χ2v) is 2.39. The van der Waals surface area contributed by atoms with Crippen LogP contribution >= 0.6 is 23.1 Å². The molecular formula is C5H6ClNO3S. The van der Waals surface area contributed by atoms with Crippen LogP contribution in [-0.2, 0) is 4.79 Å². The van der Waals surface area contributed by atoms with Gasteiger partial charge in [-0.05, 0) is 0 Å². The normalized spacial score (nSPS) is 8.09. The largest absolute Gasteiger partial charge is 0.480 e. The molecule has 4 nitrogen and oxygen atoms in total. The smallest absolute Gasteiger partial charge is 0.318 e. The van der Waals surface area contributed by atoms with Crippen molar-refractivity contribution in [2.75, 3.05) is 5.88 Å². The summed E-state index contributed by atoms with van der Waals surface area (Å²) in [4.78, 5) is 19.3. The fraction of sp³-hybridized carbons (Fsp3) is 0.200.